The number of hydrogen-bond donors (Lipinski definition) is 3. The lowest BCUT2D eigenvalue weighted by atomic mass is 10.4. The van der Waals surface area contributed by atoms with Crippen molar-refractivity contribution in [2.45, 2.75) is 13.3 Å². The molecule has 9 heteroatoms. The van der Waals surface area contributed by atoms with Crippen molar-refractivity contribution >= 4 is 22.0 Å². The first-order valence-corrected chi connectivity index (χ1v) is 6.26. The number of nitrogens with zero attached hydrogens (tertiary/aromatic N) is 2. The Morgan fingerprint density at radius 1 is 1.41 bits per heavy atom. The molecule has 0 bridgehead atoms. The number of carbonyl (C=O) groups is 1. The Morgan fingerprint density at radius 2 is 2.06 bits per heavy atom. The predicted molar refractivity (Wildman–Crippen MR) is 59.8 cm³/mol. The molecule has 3 N–H and O–H groups in total. The van der Waals surface area contributed by atoms with Crippen LogP contribution < -0.4 is 9.44 Å². The minimum Gasteiger partial charge on any atom is -0.476 e. The van der Waals surface area contributed by atoms with Crippen LogP contribution >= 0.6 is 0 Å². The zero-order chi connectivity index (χ0) is 12.9. The lowest BCUT2D eigenvalue weighted by Crippen LogP contribution is -2.31. The summed E-state index contributed by atoms with van der Waals surface area (Å²) in [6, 6.07) is 0. The van der Waals surface area contributed by atoms with Crippen molar-refractivity contribution in [3.8, 4) is 0 Å². The maximum Gasteiger partial charge on any atom is 0.358 e. The van der Waals surface area contributed by atoms with Crippen LogP contribution in [0.5, 0.6) is 0 Å². The van der Waals surface area contributed by atoms with Crippen molar-refractivity contribution in [2.75, 3.05) is 11.3 Å². The van der Waals surface area contributed by atoms with Gasteiger partial charge < -0.3 is 5.11 Å². The molecule has 0 aromatic carbocycles. The summed E-state index contributed by atoms with van der Waals surface area (Å²) in [5, 5.41) is 8.78. The van der Waals surface area contributed by atoms with E-state index in [9.17, 15) is 13.2 Å². The molecule has 0 atom stereocenters. The van der Waals surface area contributed by atoms with Crippen LogP contribution in [0.15, 0.2) is 12.4 Å². The van der Waals surface area contributed by atoms with E-state index in [0.717, 1.165) is 0 Å². The highest BCUT2D eigenvalue weighted by molar-refractivity contribution is 7.90. The SMILES string of the molecule is CCCNS(=O)(=O)Nc1nccnc1C(=O)O. The van der Waals surface area contributed by atoms with E-state index < -0.39 is 21.9 Å². The first kappa shape index (κ1) is 13.3. The molecular weight excluding hydrogens is 248 g/mol. The number of anilines is 1. The van der Waals surface area contributed by atoms with Gasteiger partial charge in [-0.2, -0.15) is 13.1 Å². The van der Waals surface area contributed by atoms with Crippen LogP contribution in [0.2, 0.25) is 0 Å². The smallest absolute Gasteiger partial charge is 0.358 e. The fraction of sp³-hybridized carbons (Fsp3) is 0.375. The molecule has 0 radical (unpaired) electrons. The number of aromatic carboxylic acids is 1. The number of rotatable bonds is 6. The van der Waals surface area contributed by atoms with Crippen LogP contribution in [0.3, 0.4) is 0 Å². The number of carboxylic acids is 1. The van der Waals surface area contributed by atoms with Gasteiger partial charge in [0.25, 0.3) is 10.2 Å². The standard InChI is InChI=1S/C8H12N4O4S/c1-2-3-11-17(15,16)12-7-6(8(13)14)9-4-5-10-7/h4-5,11H,2-3H2,1H3,(H,10,12)(H,13,14). The Morgan fingerprint density at radius 3 is 2.65 bits per heavy atom. The quantitative estimate of drug-likeness (QED) is 0.653. The Bertz CT molecular complexity index is 502. The lowest BCUT2D eigenvalue weighted by molar-refractivity contribution is 0.0691. The molecule has 1 heterocycles. The van der Waals surface area contributed by atoms with Crippen LogP contribution in [0.25, 0.3) is 0 Å². The molecule has 94 valence electrons. The molecule has 17 heavy (non-hydrogen) atoms. The van der Waals surface area contributed by atoms with Gasteiger partial charge >= 0.3 is 5.97 Å². The van der Waals surface area contributed by atoms with Gasteiger partial charge in [-0.3, -0.25) is 4.72 Å². The van der Waals surface area contributed by atoms with Crippen LogP contribution in [0.4, 0.5) is 5.82 Å². The molecule has 0 fully saturated rings. The highest BCUT2D eigenvalue weighted by atomic mass is 32.2. The number of carboxylic acid groups (broad SMARTS) is 1. The topological polar surface area (TPSA) is 121 Å². The Balaban J connectivity index is 2.92. The van der Waals surface area contributed by atoms with E-state index in [4.69, 9.17) is 5.11 Å². The van der Waals surface area contributed by atoms with E-state index in [1.54, 1.807) is 6.92 Å². The lowest BCUT2D eigenvalue weighted by Gasteiger charge is -2.08. The third kappa shape index (κ3) is 3.96. The second kappa shape index (κ2) is 5.55. The molecule has 0 saturated carbocycles. The van der Waals surface area contributed by atoms with Gasteiger partial charge in [0.05, 0.1) is 0 Å². The molecule has 8 nitrogen and oxygen atoms in total. The van der Waals surface area contributed by atoms with E-state index in [0.29, 0.717) is 6.42 Å². The molecule has 0 saturated heterocycles. The molecular formula is C8H12N4O4S. The number of nitrogens with one attached hydrogen (secondary N) is 2. The average Bonchev–Trinajstić information content (AvgIpc) is 2.26. The van der Waals surface area contributed by atoms with Crippen LogP contribution in [0, 0.1) is 0 Å². The van der Waals surface area contributed by atoms with Gasteiger partial charge in [-0.05, 0) is 6.42 Å². The van der Waals surface area contributed by atoms with E-state index in [1.165, 1.54) is 12.4 Å². The fourth-order valence-corrected chi connectivity index (χ4v) is 1.92. The van der Waals surface area contributed by atoms with Crippen molar-refractivity contribution in [3.05, 3.63) is 18.1 Å². The fourth-order valence-electron chi connectivity index (χ4n) is 0.969. The molecule has 1 aromatic rings. The third-order valence-corrected chi connectivity index (χ3v) is 2.72. The summed E-state index contributed by atoms with van der Waals surface area (Å²) in [6.07, 6.45) is 2.98. The van der Waals surface area contributed by atoms with Crippen molar-refractivity contribution < 1.29 is 18.3 Å². The second-order valence-electron chi connectivity index (χ2n) is 3.06. The minimum absolute atomic E-state index is 0.248. The molecule has 0 amide bonds. The van der Waals surface area contributed by atoms with Gasteiger partial charge in [0.1, 0.15) is 0 Å². The van der Waals surface area contributed by atoms with Gasteiger partial charge in [0.15, 0.2) is 11.5 Å². The molecule has 0 aliphatic heterocycles. The first-order valence-electron chi connectivity index (χ1n) is 4.78. The summed E-state index contributed by atoms with van der Waals surface area (Å²) in [6.45, 7) is 2.05. The normalized spacial score (nSPS) is 11.1. The number of aromatic nitrogens is 2. The summed E-state index contributed by atoms with van der Waals surface area (Å²) in [5.74, 6) is -1.67. The van der Waals surface area contributed by atoms with Crippen molar-refractivity contribution in [2.24, 2.45) is 0 Å². The summed E-state index contributed by atoms with van der Waals surface area (Å²) in [7, 11) is -3.82. The third-order valence-electron chi connectivity index (χ3n) is 1.67. The van der Waals surface area contributed by atoms with Gasteiger partial charge in [-0.25, -0.2) is 14.8 Å². The Kier molecular flexibility index (Phi) is 4.35. The Hall–Kier alpha value is -1.74. The van der Waals surface area contributed by atoms with Crippen molar-refractivity contribution in [1.29, 1.82) is 0 Å². The van der Waals surface area contributed by atoms with Gasteiger partial charge in [-0.1, -0.05) is 6.92 Å². The Labute approximate surface area is 98.3 Å². The molecule has 0 aliphatic rings. The van der Waals surface area contributed by atoms with Gasteiger partial charge in [0, 0.05) is 18.9 Å². The summed E-state index contributed by atoms with van der Waals surface area (Å²) in [5.41, 5.74) is -0.450. The molecule has 1 aromatic heterocycles. The highest BCUT2D eigenvalue weighted by Crippen LogP contribution is 2.09. The maximum atomic E-state index is 11.5. The van der Waals surface area contributed by atoms with E-state index >= 15 is 0 Å². The largest absolute Gasteiger partial charge is 0.476 e. The van der Waals surface area contributed by atoms with E-state index in [2.05, 4.69) is 14.7 Å². The number of hydrogen-bond acceptors (Lipinski definition) is 5. The maximum absolute atomic E-state index is 11.5. The van der Waals surface area contributed by atoms with Crippen LogP contribution in [-0.4, -0.2) is 36.0 Å². The minimum atomic E-state index is -3.82. The average molecular weight is 260 g/mol. The summed E-state index contributed by atoms with van der Waals surface area (Å²) < 4.78 is 27.1. The first-order chi connectivity index (χ1) is 7.96. The predicted octanol–water partition coefficient (Wildman–Crippen LogP) is -0.169. The van der Waals surface area contributed by atoms with Gasteiger partial charge in [0.2, 0.25) is 0 Å². The van der Waals surface area contributed by atoms with E-state index in [-0.39, 0.29) is 12.4 Å². The van der Waals surface area contributed by atoms with Crippen molar-refractivity contribution in [1.82, 2.24) is 14.7 Å². The highest BCUT2D eigenvalue weighted by Gasteiger charge is 2.17. The van der Waals surface area contributed by atoms with Crippen LogP contribution in [-0.2, 0) is 10.2 Å². The van der Waals surface area contributed by atoms with Crippen LogP contribution in [0.1, 0.15) is 23.8 Å². The zero-order valence-electron chi connectivity index (χ0n) is 9.04. The van der Waals surface area contributed by atoms with Gasteiger partial charge in [-0.15, -0.1) is 0 Å². The monoisotopic (exact) mass is 260 g/mol. The molecule has 0 unspecified atom stereocenters. The van der Waals surface area contributed by atoms with Crippen molar-refractivity contribution in [3.63, 3.8) is 0 Å². The second-order valence-corrected chi connectivity index (χ2v) is 4.56. The molecule has 1 rings (SSSR count). The summed E-state index contributed by atoms with van der Waals surface area (Å²) in [4.78, 5) is 17.9. The summed E-state index contributed by atoms with van der Waals surface area (Å²) >= 11 is 0. The molecule has 0 spiro atoms. The molecule has 0 aliphatic carbocycles. The zero-order valence-corrected chi connectivity index (χ0v) is 9.86. The van der Waals surface area contributed by atoms with E-state index in [1.807, 2.05) is 4.72 Å².